The molecule has 46 heavy (non-hydrogen) atoms. The van der Waals surface area contributed by atoms with Crippen LogP contribution in [-0.4, -0.2) is 48.7 Å². The first kappa shape index (κ1) is 34.5. The van der Waals surface area contributed by atoms with E-state index in [1.807, 2.05) is 0 Å². The van der Waals surface area contributed by atoms with E-state index in [0.717, 1.165) is 11.8 Å². The maximum absolute atomic E-state index is 14.8. The van der Waals surface area contributed by atoms with E-state index in [1.165, 1.54) is 11.0 Å². The summed E-state index contributed by atoms with van der Waals surface area (Å²) in [4.78, 5) is 42.6. The Morgan fingerprint density at radius 1 is 0.826 bits per heavy atom. The third-order valence-electron chi connectivity index (χ3n) is 6.37. The molecule has 0 fully saturated rings. The number of anilines is 2. The van der Waals surface area contributed by atoms with Crippen molar-refractivity contribution >= 4 is 70.3 Å². The Kier molecular flexibility index (Phi) is 12.2. The van der Waals surface area contributed by atoms with E-state index >= 15 is 0 Å². The van der Waals surface area contributed by atoms with E-state index in [1.54, 1.807) is 93.6 Å². The fraction of sp³-hybridized carbons (Fsp3) is 0.206. The normalized spacial score (nSPS) is 12.4. The van der Waals surface area contributed by atoms with E-state index in [9.17, 15) is 19.5 Å². The molecular formula is C34H31Cl2NO8S. The zero-order valence-electron chi connectivity index (χ0n) is 25.3. The van der Waals surface area contributed by atoms with Gasteiger partial charge < -0.3 is 24.1 Å². The first-order chi connectivity index (χ1) is 22.2. The highest BCUT2D eigenvalue weighted by Gasteiger charge is 2.35. The first-order valence-electron chi connectivity index (χ1n) is 14.3. The molecule has 0 spiro atoms. The Balaban J connectivity index is 2.00. The van der Waals surface area contributed by atoms with Gasteiger partial charge in [-0.05, 0) is 91.9 Å². The van der Waals surface area contributed by atoms with Crippen molar-refractivity contribution in [2.75, 3.05) is 30.7 Å². The van der Waals surface area contributed by atoms with Crippen LogP contribution in [0.15, 0.2) is 94.6 Å². The molecule has 12 heteroatoms. The average Bonchev–Trinajstić information content (AvgIpc) is 3.51. The second-order valence-corrected chi connectivity index (χ2v) is 11.5. The van der Waals surface area contributed by atoms with E-state index in [-0.39, 0.29) is 30.5 Å². The van der Waals surface area contributed by atoms with Crippen LogP contribution in [0, 0.1) is 0 Å². The van der Waals surface area contributed by atoms with Gasteiger partial charge >= 0.3 is 11.9 Å². The van der Waals surface area contributed by atoms with Crippen LogP contribution in [0.5, 0.6) is 11.5 Å². The van der Waals surface area contributed by atoms with Gasteiger partial charge in [0.1, 0.15) is 5.76 Å². The lowest BCUT2D eigenvalue weighted by Gasteiger charge is -2.26. The van der Waals surface area contributed by atoms with Crippen molar-refractivity contribution in [2.24, 2.45) is 0 Å². The molecule has 1 heterocycles. The van der Waals surface area contributed by atoms with Crippen LogP contribution in [0.4, 0.5) is 11.4 Å². The zero-order chi connectivity index (χ0) is 33.2. The summed E-state index contributed by atoms with van der Waals surface area (Å²) >= 11 is 13.3. The van der Waals surface area contributed by atoms with Gasteiger partial charge in [0.15, 0.2) is 17.1 Å². The highest BCUT2D eigenvalue weighted by Crippen LogP contribution is 2.38. The lowest BCUT2D eigenvalue weighted by molar-refractivity contribution is -0.146. The number of carbonyl (C=O) groups excluding carboxylic acids is 3. The summed E-state index contributed by atoms with van der Waals surface area (Å²) in [5.74, 6) is -1.88. The largest absolute Gasteiger partial charge is 0.507 e. The van der Waals surface area contributed by atoms with Crippen LogP contribution in [0.1, 0.15) is 26.3 Å². The van der Waals surface area contributed by atoms with Crippen molar-refractivity contribution in [1.82, 2.24) is 0 Å². The molecule has 3 aromatic carbocycles. The number of hydrogen-bond donors (Lipinski definition) is 1. The summed E-state index contributed by atoms with van der Waals surface area (Å²) in [6.45, 7) is 4.95. The van der Waals surface area contributed by atoms with Crippen LogP contribution in [0.3, 0.4) is 0 Å². The van der Waals surface area contributed by atoms with Crippen molar-refractivity contribution in [3.05, 3.63) is 110 Å². The number of aliphatic hydroxyl groups excluding tert-OH is 1. The lowest BCUT2D eigenvalue weighted by atomic mass is 10.0. The maximum Gasteiger partial charge on any atom is 0.346 e. The minimum absolute atomic E-state index is 0.0452. The number of aliphatic hydroxyl groups is 1. The van der Waals surface area contributed by atoms with Gasteiger partial charge in [0.05, 0.1) is 18.8 Å². The number of amides is 1. The summed E-state index contributed by atoms with van der Waals surface area (Å²) < 4.78 is 21.3. The summed E-state index contributed by atoms with van der Waals surface area (Å²) in [6, 6.07) is 18.1. The van der Waals surface area contributed by atoms with Gasteiger partial charge in [-0.15, -0.1) is 11.8 Å². The number of thioether (sulfide) groups is 1. The monoisotopic (exact) mass is 683 g/mol. The highest BCUT2D eigenvalue weighted by molar-refractivity contribution is 8.03. The SMILES string of the molecule is CCOC(=O)C(C(=O)OCC)=C(SCC)/C(C(=O)N(c1ccc(Cl)cc1)c1ccc(Cl)cc1)=C(O)/C=C/c1ccc2c(c1)OCO2. The molecule has 0 radical (unpaired) electrons. The molecule has 240 valence electrons. The molecular weight excluding hydrogens is 653 g/mol. The second-order valence-electron chi connectivity index (χ2n) is 9.38. The minimum Gasteiger partial charge on any atom is -0.507 e. The lowest BCUT2D eigenvalue weighted by Crippen LogP contribution is -2.30. The molecule has 1 amide bonds. The van der Waals surface area contributed by atoms with Crippen LogP contribution >= 0.6 is 35.0 Å². The average molecular weight is 685 g/mol. The third kappa shape index (κ3) is 8.25. The third-order valence-corrected chi connectivity index (χ3v) is 7.86. The van der Waals surface area contributed by atoms with Crippen molar-refractivity contribution in [3.63, 3.8) is 0 Å². The predicted molar refractivity (Wildman–Crippen MR) is 180 cm³/mol. The van der Waals surface area contributed by atoms with Gasteiger partial charge in [0.25, 0.3) is 5.91 Å². The summed E-state index contributed by atoms with van der Waals surface area (Å²) in [5.41, 5.74) is 0.534. The molecule has 0 saturated heterocycles. The number of ether oxygens (including phenoxy) is 4. The summed E-state index contributed by atoms with van der Waals surface area (Å²) in [7, 11) is 0. The molecule has 3 aromatic rings. The molecule has 9 nitrogen and oxygen atoms in total. The number of benzene rings is 3. The highest BCUT2D eigenvalue weighted by atomic mass is 35.5. The summed E-state index contributed by atoms with van der Waals surface area (Å²) in [6.07, 6.45) is 2.86. The van der Waals surface area contributed by atoms with Gasteiger partial charge in [0.2, 0.25) is 6.79 Å². The summed E-state index contributed by atoms with van der Waals surface area (Å²) in [5, 5.41) is 12.6. The molecule has 0 aliphatic carbocycles. The van der Waals surface area contributed by atoms with Crippen molar-refractivity contribution < 1.29 is 38.4 Å². The molecule has 1 aliphatic rings. The molecule has 0 aromatic heterocycles. The molecule has 0 atom stereocenters. The van der Waals surface area contributed by atoms with Crippen LogP contribution < -0.4 is 14.4 Å². The van der Waals surface area contributed by atoms with Crippen LogP contribution in [0.25, 0.3) is 6.08 Å². The first-order valence-corrected chi connectivity index (χ1v) is 16.0. The van der Waals surface area contributed by atoms with E-state index in [4.69, 9.17) is 42.1 Å². The van der Waals surface area contributed by atoms with E-state index < -0.39 is 29.2 Å². The Morgan fingerprint density at radius 2 is 1.37 bits per heavy atom. The number of rotatable bonds is 12. The number of allylic oxidation sites excluding steroid dienone is 1. The van der Waals surface area contributed by atoms with Gasteiger partial charge in [-0.3, -0.25) is 9.69 Å². The van der Waals surface area contributed by atoms with Crippen LogP contribution in [0.2, 0.25) is 10.0 Å². The minimum atomic E-state index is -1.00. The van der Waals surface area contributed by atoms with Crippen LogP contribution in [-0.2, 0) is 23.9 Å². The quantitative estimate of drug-likeness (QED) is 0.0506. The zero-order valence-corrected chi connectivity index (χ0v) is 27.6. The Morgan fingerprint density at radius 3 is 1.89 bits per heavy atom. The number of halogens is 2. The Hall–Kier alpha value is -4.38. The molecule has 0 unspecified atom stereocenters. The molecule has 1 N–H and O–H groups in total. The fourth-order valence-electron chi connectivity index (χ4n) is 4.36. The molecule has 1 aliphatic heterocycles. The van der Waals surface area contributed by atoms with E-state index in [2.05, 4.69) is 0 Å². The molecule has 4 rings (SSSR count). The Bertz CT molecular complexity index is 1620. The molecule has 0 bridgehead atoms. The van der Waals surface area contributed by atoms with Gasteiger partial charge in [0, 0.05) is 26.3 Å². The van der Waals surface area contributed by atoms with Gasteiger partial charge in [-0.1, -0.05) is 42.3 Å². The fourth-order valence-corrected chi connectivity index (χ4v) is 5.55. The number of fused-ring (bicyclic) bond motifs is 1. The van der Waals surface area contributed by atoms with Gasteiger partial charge in [-0.25, -0.2) is 9.59 Å². The van der Waals surface area contributed by atoms with Crippen molar-refractivity contribution in [1.29, 1.82) is 0 Å². The van der Waals surface area contributed by atoms with Crippen molar-refractivity contribution in [2.45, 2.75) is 20.8 Å². The second kappa shape index (κ2) is 16.3. The predicted octanol–water partition coefficient (Wildman–Crippen LogP) is 8.05. The topological polar surface area (TPSA) is 112 Å². The maximum atomic E-state index is 14.8. The molecule has 0 saturated carbocycles. The number of nitrogens with zero attached hydrogens (tertiary/aromatic N) is 1. The number of esters is 2. The smallest absolute Gasteiger partial charge is 0.346 e. The van der Waals surface area contributed by atoms with E-state index in [0.29, 0.717) is 44.2 Å². The Labute approximate surface area is 281 Å². The van der Waals surface area contributed by atoms with Crippen molar-refractivity contribution in [3.8, 4) is 11.5 Å². The number of hydrogen-bond acceptors (Lipinski definition) is 9. The van der Waals surface area contributed by atoms with Gasteiger partial charge in [-0.2, -0.15) is 0 Å². The standard InChI is InChI=1S/C34H31Cl2NO8S/c1-4-42-33(40)30(34(41)43-5-2)31(46-6-3)29(26(38)17-7-21-8-18-27-28(19-21)45-20-44-27)32(39)37(24-13-9-22(35)10-14-24)25-15-11-23(36)12-16-25/h7-19,38H,4-6,20H2,1-3H3/b17-7+,29-26+. The number of carbonyl (C=O) groups is 3.